The fraction of sp³-hybridized carbons (Fsp3) is 0.350. The number of nitrogens with zero attached hydrogens (tertiary/aromatic N) is 1. The Morgan fingerprint density at radius 3 is 2.17 bits per heavy atom. The minimum Gasteiger partial charge on any atom is -0.459 e. The molecular formula is C20H25NO3. The number of hydrogen-bond acceptors (Lipinski definition) is 4. The van der Waals surface area contributed by atoms with Gasteiger partial charge in [0.15, 0.2) is 0 Å². The predicted octanol–water partition coefficient (Wildman–Crippen LogP) is 3.63. The van der Waals surface area contributed by atoms with Gasteiger partial charge in [-0.2, -0.15) is 0 Å². The van der Waals surface area contributed by atoms with Gasteiger partial charge in [-0.05, 0) is 45.0 Å². The summed E-state index contributed by atoms with van der Waals surface area (Å²) in [6.45, 7) is 3.89. The van der Waals surface area contributed by atoms with Gasteiger partial charge in [0.2, 0.25) is 0 Å². The highest BCUT2D eigenvalue weighted by atomic mass is 16.5. The molecule has 1 N–H and O–H groups in total. The van der Waals surface area contributed by atoms with Gasteiger partial charge < -0.3 is 9.84 Å². The number of rotatable bonds is 7. The summed E-state index contributed by atoms with van der Waals surface area (Å²) in [6.07, 6.45) is -0.282. The van der Waals surface area contributed by atoms with Gasteiger partial charge in [-0.25, -0.2) is 4.79 Å². The Morgan fingerprint density at radius 1 is 1.04 bits per heavy atom. The summed E-state index contributed by atoms with van der Waals surface area (Å²) in [5.41, 5.74) is 1.40. The predicted molar refractivity (Wildman–Crippen MR) is 94.6 cm³/mol. The number of aliphatic hydroxyl groups excluding tert-OH is 1. The van der Waals surface area contributed by atoms with Gasteiger partial charge in [0.05, 0.1) is 5.56 Å². The molecule has 0 heterocycles. The van der Waals surface area contributed by atoms with Gasteiger partial charge in [0, 0.05) is 6.04 Å². The van der Waals surface area contributed by atoms with Crippen LogP contribution in [0.3, 0.4) is 0 Å². The molecular weight excluding hydrogens is 302 g/mol. The fourth-order valence-corrected chi connectivity index (χ4v) is 2.62. The minimum absolute atomic E-state index is 0.0544. The Balaban J connectivity index is 1.88. The molecule has 0 bridgehead atoms. The molecule has 0 radical (unpaired) electrons. The van der Waals surface area contributed by atoms with E-state index in [1.54, 1.807) is 12.1 Å². The number of hydrogen-bond donors (Lipinski definition) is 1. The Labute approximate surface area is 143 Å². The third-order valence-corrected chi connectivity index (χ3v) is 4.17. The third-order valence-electron chi connectivity index (χ3n) is 4.17. The largest absolute Gasteiger partial charge is 0.459 e. The zero-order chi connectivity index (χ0) is 17.5. The topological polar surface area (TPSA) is 49.8 Å². The average molecular weight is 327 g/mol. The summed E-state index contributed by atoms with van der Waals surface area (Å²) in [5.74, 6) is -0.318. The highest BCUT2D eigenvalue weighted by Gasteiger charge is 2.22. The molecule has 2 aromatic rings. The summed E-state index contributed by atoms with van der Waals surface area (Å²) < 4.78 is 5.50. The van der Waals surface area contributed by atoms with E-state index >= 15 is 0 Å². The summed E-state index contributed by atoms with van der Waals surface area (Å²) in [5, 5.41) is 10.5. The number of ether oxygens (including phenoxy) is 1. The number of carbonyl (C=O) groups is 1. The first-order valence-electron chi connectivity index (χ1n) is 8.20. The minimum atomic E-state index is -0.682. The van der Waals surface area contributed by atoms with Gasteiger partial charge in [-0.15, -0.1) is 0 Å². The Bertz CT molecular complexity index is 630. The second kappa shape index (κ2) is 8.62. The van der Waals surface area contributed by atoms with Crippen LogP contribution in [0, 0.1) is 0 Å². The molecule has 2 aromatic carbocycles. The van der Waals surface area contributed by atoms with Crippen LogP contribution in [0.1, 0.15) is 42.4 Å². The van der Waals surface area contributed by atoms with Crippen LogP contribution < -0.4 is 0 Å². The van der Waals surface area contributed by atoms with E-state index in [1.165, 1.54) is 0 Å². The van der Waals surface area contributed by atoms with Crippen LogP contribution in [0.5, 0.6) is 0 Å². The van der Waals surface area contributed by atoms with Crippen LogP contribution in [0.25, 0.3) is 0 Å². The molecule has 0 saturated carbocycles. The first-order valence-corrected chi connectivity index (χ1v) is 8.20. The molecule has 0 amide bonds. The fourth-order valence-electron chi connectivity index (χ4n) is 2.62. The standard InChI is InChI=1S/C20H25NO3/c1-15(21(3)19(22)17-10-6-4-7-11-17)14-16(2)24-20(23)18-12-8-5-9-13-18/h4-13,15-16,19,22H,14H2,1-3H3. The van der Waals surface area contributed by atoms with E-state index in [2.05, 4.69) is 0 Å². The van der Waals surface area contributed by atoms with E-state index < -0.39 is 6.23 Å². The molecule has 0 aromatic heterocycles. The highest BCUT2D eigenvalue weighted by molar-refractivity contribution is 5.89. The van der Waals surface area contributed by atoms with Crippen molar-refractivity contribution in [2.45, 2.75) is 38.6 Å². The molecule has 3 unspecified atom stereocenters. The molecule has 0 aliphatic heterocycles. The lowest BCUT2D eigenvalue weighted by Gasteiger charge is -2.31. The summed E-state index contributed by atoms with van der Waals surface area (Å²) >= 11 is 0. The number of benzene rings is 2. The Morgan fingerprint density at radius 2 is 1.58 bits per heavy atom. The van der Waals surface area contributed by atoms with Crippen LogP contribution in [0.15, 0.2) is 60.7 Å². The SMILES string of the molecule is CC(CC(C)N(C)C(O)c1ccccc1)OC(=O)c1ccccc1. The third kappa shape index (κ3) is 4.91. The number of esters is 1. The number of carbonyl (C=O) groups excluding carboxylic acids is 1. The van der Waals surface area contributed by atoms with Crippen molar-refractivity contribution < 1.29 is 14.6 Å². The lowest BCUT2D eigenvalue weighted by atomic mass is 10.1. The van der Waals surface area contributed by atoms with E-state index in [9.17, 15) is 9.90 Å². The zero-order valence-electron chi connectivity index (χ0n) is 14.4. The second-order valence-corrected chi connectivity index (χ2v) is 6.12. The Kier molecular flexibility index (Phi) is 6.53. The lowest BCUT2D eigenvalue weighted by molar-refractivity contribution is -0.0202. The van der Waals surface area contributed by atoms with Crippen molar-refractivity contribution in [1.82, 2.24) is 4.90 Å². The molecule has 24 heavy (non-hydrogen) atoms. The maximum Gasteiger partial charge on any atom is 0.338 e. The van der Waals surface area contributed by atoms with E-state index in [4.69, 9.17) is 4.74 Å². The molecule has 2 rings (SSSR count). The van der Waals surface area contributed by atoms with Gasteiger partial charge >= 0.3 is 5.97 Å². The summed E-state index contributed by atoms with van der Waals surface area (Å²) in [4.78, 5) is 14.0. The maximum atomic E-state index is 12.1. The monoisotopic (exact) mass is 327 g/mol. The lowest BCUT2D eigenvalue weighted by Crippen LogP contribution is -2.36. The number of aliphatic hydroxyl groups is 1. The summed E-state index contributed by atoms with van der Waals surface area (Å²) in [7, 11) is 1.87. The smallest absolute Gasteiger partial charge is 0.338 e. The van der Waals surface area contributed by atoms with Gasteiger partial charge in [0.25, 0.3) is 0 Å². The van der Waals surface area contributed by atoms with E-state index in [-0.39, 0.29) is 18.1 Å². The Hall–Kier alpha value is -2.17. The van der Waals surface area contributed by atoms with Crippen LogP contribution in [0.2, 0.25) is 0 Å². The van der Waals surface area contributed by atoms with Crippen LogP contribution in [0.4, 0.5) is 0 Å². The van der Waals surface area contributed by atoms with Gasteiger partial charge in [-0.3, -0.25) is 4.90 Å². The zero-order valence-corrected chi connectivity index (χ0v) is 14.4. The molecule has 0 fully saturated rings. The molecule has 0 aliphatic rings. The summed E-state index contributed by atoms with van der Waals surface area (Å²) in [6, 6.07) is 18.5. The second-order valence-electron chi connectivity index (χ2n) is 6.12. The normalized spacial score (nSPS) is 14.9. The average Bonchev–Trinajstić information content (AvgIpc) is 2.61. The molecule has 4 nitrogen and oxygen atoms in total. The quantitative estimate of drug-likeness (QED) is 0.623. The van der Waals surface area contributed by atoms with Crippen molar-refractivity contribution >= 4 is 5.97 Å². The van der Waals surface area contributed by atoms with E-state index in [0.29, 0.717) is 12.0 Å². The molecule has 0 aliphatic carbocycles. The van der Waals surface area contributed by atoms with Gasteiger partial charge in [0.1, 0.15) is 12.3 Å². The molecule has 0 spiro atoms. The molecule has 4 heteroatoms. The molecule has 3 atom stereocenters. The van der Waals surface area contributed by atoms with E-state index in [0.717, 1.165) is 5.56 Å². The van der Waals surface area contributed by atoms with Crippen LogP contribution in [-0.4, -0.2) is 35.2 Å². The van der Waals surface area contributed by atoms with Crippen molar-refractivity contribution in [2.75, 3.05) is 7.05 Å². The maximum absolute atomic E-state index is 12.1. The molecule has 0 saturated heterocycles. The van der Waals surface area contributed by atoms with Crippen LogP contribution >= 0.6 is 0 Å². The van der Waals surface area contributed by atoms with E-state index in [1.807, 2.05) is 74.3 Å². The first-order chi connectivity index (χ1) is 11.5. The molecule has 128 valence electrons. The van der Waals surface area contributed by atoms with Crippen molar-refractivity contribution in [3.8, 4) is 0 Å². The first kappa shape index (κ1) is 18.2. The van der Waals surface area contributed by atoms with Crippen molar-refractivity contribution in [3.05, 3.63) is 71.8 Å². The van der Waals surface area contributed by atoms with Crippen molar-refractivity contribution in [1.29, 1.82) is 0 Å². The van der Waals surface area contributed by atoms with Crippen molar-refractivity contribution in [2.24, 2.45) is 0 Å². The van der Waals surface area contributed by atoms with Gasteiger partial charge in [-0.1, -0.05) is 48.5 Å². The van der Waals surface area contributed by atoms with Crippen molar-refractivity contribution in [3.63, 3.8) is 0 Å². The highest BCUT2D eigenvalue weighted by Crippen LogP contribution is 2.21. The van der Waals surface area contributed by atoms with Crippen LogP contribution in [-0.2, 0) is 4.74 Å².